The van der Waals surface area contributed by atoms with E-state index in [1.54, 1.807) is 22.0 Å². The second-order valence-corrected chi connectivity index (χ2v) is 4.93. The van der Waals surface area contributed by atoms with Crippen LogP contribution in [0.3, 0.4) is 0 Å². The Kier molecular flexibility index (Phi) is 2.57. The molecule has 0 bridgehead atoms. The van der Waals surface area contributed by atoms with Crippen molar-refractivity contribution in [3.8, 4) is 11.3 Å². The minimum atomic E-state index is -0.968. The predicted molar refractivity (Wildman–Crippen MR) is 70.5 cm³/mol. The van der Waals surface area contributed by atoms with E-state index in [-0.39, 0.29) is 5.69 Å². The van der Waals surface area contributed by atoms with Crippen molar-refractivity contribution in [2.45, 2.75) is 0 Å². The Hall–Kier alpha value is -1.85. The minimum Gasteiger partial charge on any atom is -0.477 e. The zero-order chi connectivity index (χ0) is 12.7. The fraction of sp³-hybridized carbons (Fsp3) is 0. The molecule has 0 aliphatic rings. The van der Waals surface area contributed by atoms with E-state index in [9.17, 15) is 4.79 Å². The molecule has 1 N–H and O–H groups in total. The molecule has 0 saturated carbocycles. The summed E-state index contributed by atoms with van der Waals surface area (Å²) in [7, 11) is 0. The maximum absolute atomic E-state index is 11.0. The smallest absolute Gasteiger partial charge is 0.353 e. The number of benzene rings is 1. The standard InChI is InChI=1S/C12H7ClN2O2S/c13-8-4-2-1-3-7(8)9-5-15-10(11(16)17)6-18-12(15)14-9/h1-6H,(H,16,17). The number of hydrogen-bond acceptors (Lipinski definition) is 3. The fourth-order valence-electron chi connectivity index (χ4n) is 1.74. The highest BCUT2D eigenvalue weighted by Crippen LogP contribution is 2.28. The Labute approximate surface area is 111 Å². The van der Waals surface area contributed by atoms with Crippen molar-refractivity contribution >= 4 is 33.9 Å². The summed E-state index contributed by atoms with van der Waals surface area (Å²) in [5.74, 6) is -0.968. The average molecular weight is 279 g/mol. The van der Waals surface area contributed by atoms with E-state index >= 15 is 0 Å². The summed E-state index contributed by atoms with van der Waals surface area (Å²) in [6.45, 7) is 0. The molecule has 0 fully saturated rings. The Bertz CT molecular complexity index is 747. The second-order valence-electron chi connectivity index (χ2n) is 3.68. The topological polar surface area (TPSA) is 54.6 Å². The van der Waals surface area contributed by atoms with Gasteiger partial charge in [0.25, 0.3) is 0 Å². The monoisotopic (exact) mass is 278 g/mol. The van der Waals surface area contributed by atoms with Crippen LogP contribution in [0.5, 0.6) is 0 Å². The molecule has 0 unspecified atom stereocenters. The lowest BCUT2D eigenvalue weighted by molar-refractivity contribution is 0.0689. The van der Waals surface area contributed by atoms with Crippen molar-refractivity contribution < 1.29 is 9.90 Å². The van der Waals surface area contributed by atoms with Crippen LogP contribution in [0.4, 0.5) is 0 Å². The number of aromatic carboxylic acids is 1. The van der Waals surface area contributed by atoms with Crippen molar-refractivity contribution in [2.75, 3.05) is 0 Å². The predicted octanol–water partition coefficient (Wildman–Crippen LogP) is 3.41. The number of imidazole rings is 1. The Morgan fingerprint density at radius 2 is 2.17 bits per heavy atom. The van der Waals surface area contributed by atoms with Crippen molar-refractivity contribution in [3.05, 3.63) is 46.6 Å². The molecule has 0 atom stereocenters. The molecule has 0 amide bonds. The van der Waals surface area contributed by atoms with E-state index in [4.69, 9.17) is 16.7 Å². The highest BCUT2D eigenvalue weighted by Gasteiger charge is 2.14. The number of thiazole rings is 1. The molecule has 1 aromatic carbocycles. The first-order chi connectivity index (χ1) is 8.66. The van der Waals surface area contributed by atoms with E-state index < -0.39 is 5.97 Å². The first-order valence-corrected chi connectivity index (χ1v) is 6.37. The summed E-state index contributed by atoms with van der Waals surface area (Å²) in [5.41, 5.74) is 1.68. The number of carboxylic acids is 1. The Balaban J connectivity index is 2.20. The minimum absolute atomic E-state index is 0.209. The maximum Gasteiger partial charge on any atom is 0.353 e. The van der Waals surface area contributed by atoms with E-state index in [2.05, 4.69) is 4.98 Å². The highest BCUT2D eigenvalue weighted by molar-refractivity contribution is 7.15. The molecular weight excluding hydrogens is 272 g/mol. The Morgan fingerprint density at radius 1 is 1.39 bits per heavy atom. The number of carboxylic acid groups (broad SMARTS) is 1. The van der Waals surface area contributed by atoms with E-state index in [0.717, 1.165) is 5.56 Å². The molecular formula is C12H7ClN2O2S. The summed E-state index contributed by atoms with van der Waals surface area (Å²) < 4.78 is 1.56. The van der Waals surface area contributed by atoms with Gasteiger partial charge in [-0.25, -0.2) is 9.78 Å². The molecule has 2 heterocycles. The van der Waals surface area contributed by atoms with Gasteiger partial charge in [-0.05, 0) is 6.07 Å². The first kappa shape index (κ1) is 11.3. The average Bonchev–Trinajstić information content (AvgIpc) is 2.88. The number of hydrogen-bond donors (Lipinski definition) is 1. The van der Waals surface area contributed by atoms with Crippen LogP contribution in [-0.4, -0.2) is 20.5 Å². The molecule has 0 aliphatic heterocycles. The van der Waals surface area contributed by atoms with Gasteiger partial charge in [-0.1, -0.05) is 29.8 Å². The third-order valence-electron chi connectivity index (χ3n) is 2.58. The number of aromatic nitrogens is 2. The van der Waals surface area contributed by atoms with Gasteiger partial charge >= 0.3 is 5.97 Å². The lowest BCUT2D eigenvalue weighted by Crippen LogP contribution is -1.99. The molecule has 6 heteroatoms. The number of rotatable bonds is 2. The van der Waals surface area contributed by atoms with Crippen LogP contribution >= 0.6 is 22.9 Å². The molecule has 90 valence electrons. The molecule has 0 radical (unpaired) electrons. The zero-order valence-electron chi connectivity index (χ0n) is 9.00. The van der Waals surface area contributed by atoms with Gasteiger partial charge < -0.3 is 5.11 Å². The molecule has 0 saturated heterocycles. The molecule has 4 nitrogen and oxygen atoms in total. The normalized spacial score (nSPS) is 10.9. The quantitative estimate of drug-likeness (QED) is 0.781. The van der Waals surface area contributed by atoms with Crippen molar-refractivity contribution in [1.82, 2.24) is 9.38 Å². The van der Waals surface area contributed by atoms with Gasteiger partial charge in [-0.3, -0.25) is 4.40 Å². The molecule has 0 aliphatic carbocycles. The molecule has 2 aromatic heterocycles. The van der Waals surface area contributed by atoms with Crippen molar-refractivity contribution in [3.63, 3.8) is 0 Å². The highest BCUT2D eigenvalue weighted by atomic mass is 35.5. The SMILES string of the molecule is O=C(O)c1csc2nc(-c3ccccc3Cl)cn12. The van der Waals surface area contributed by atoms with Crippen molar-refractivity contribution in [2.24, 2.45) is 0 Å². The third-order valence-corrected chi connectivity index (χ3v) is 3.75. The maximum atomic E-state index is 11.0. The lowest BCUT2D eigenvalue weighted by Gasteiger charge is -1.98. The van der Waals surface area contributed by atoms with Gasteiger partial charge in [0, 0.05) is 17.1 Å². The lowest BCUT2D eigenvalue weighted by atomic mass is 10.2. The van der Waals surface area contributed by atoms with E-state index in [1.807, 2.05) is 18.2 Å². The van der Waals surface area contributed by atoms with Gasteiger partial charge in [0.2, 0.25) is 0 Å². The van der Waals surface area contributed by atoms with Gasteiger partial charge in [0.1, 0.15) is 5.69 Å². The van der Waals surface area contributed by atoms with Crippen LogP contribution in [0.2, 0.25) is 5.02 Å². The van der Waals surface area contributed by atoms with Crippen LogP contribution in [0.25, 0.3) is 16.2 Å². The first-order valence-electron chi connectivity index (χ1n) is 5.11. The van der Waals surface area contributed by atoms with Crippen LogP contribution < -0.4 is 0 Å². The third kappa shape index (κ3) is 1.68. The van der Waals surface area contributed by atoms with Gasteiger partial charge in [0.05, 0.1) is 10.7 Å². The summed E-state index contributed by atoms with van der Waals surface area (Å²) >= 11 is 7.39. The largest absolute Gasteiger partial charge is 0.477 e. The van der Waals surface area contributed by atoms with Gasteiger partial charge in [-0.15, -0.1) is 11.3 Å². The van der Waals surface area contributed by atoms with Crippen LogP contribution in [0.1, 0.15) is 10.5 Å². The summed E-state index contributed by atoms with van der Waals surface area (Å²) in [4.78, 5) is 16.0. The fourth-order valence-corrected chi connectivity index (χ4v) is 2.82. The molecule has 3 rings (SSSR count). The number of halogens is 1. The second kappa shape index (κ2) is 4.12. The van der Waals surface area contributed by atoms with Crippen LogP contribution in [0, 0.1) is 0 Å². The van der Waals surface area contributed by atoms with Gasteiger partial charge in [-0.2, -0.15) is 0 Å². The molecule has 18 heavy (non-hydrogen) atoms. The van der Waals surface area contributed by atoms with Crippen LogP contribution in [-0.2, 0) is 0 Å². The van der Waals surface area contributed by atoms with E-state index in [1.165, 1.54) is 11.3 Å². The van der Waals surface area contributed by atoms with E-state index in [0.29, 0.717) is 15.7 Å². The Morgan fingerprint density at radius 3 is 2.89 bits per heavy atom. The summed E-state index contributed by atoms with van der Waals surface area (Å²) in [6, 6.07) is 7.34. The number of fused-ring (bicyclic) bond motifs is 1. The number of nitrogens with zero attached hydrogens (tertiary/aromatic N) is 2. The van der Waals surface area contributed by atoms with Gasteiger partial charge in [0.15, 0.2) is 4.96 Å². The van der Waals surface area contributed by atoms with Crippen molar-refractivity contribution in [1.29, 1.82) is 0 Å². The molecule has 3 aromatic rings. The van der Waals surface area contributed by atoms with Crippen LogP contribution in [0.15, 0.2) is 35.8 Å². The summed E-state index contributed by atoms with van der Waals surface area (Å²) in [5, 5.41) is 11.2. The summed E-state index contributed by atoms with van der Waals surface area (Å²) in [6.07, 6.45) is 1.69. The number of carbonyl (C=O) groups is 1. The molecule has 0 spiro atoms. The zero-order valence-corrected chi connectivity index (χ0v) is 10.6.